The predicted molar refractivity (Wildman–Crippen MR) is 88.4 cm³/mol. The second-order valence-corrected chi connectivity index (χ2v) is 8.36. The lowest BCUT2D eigenvalue weighted by Crippen LogP contribution is -2.45. The highest BCUT2D eigenvalue weighted by Gasteiger charge is 2.25. The summed E-state index contributed by atoms with van der Waals surface area (Å²) in [6, 6.07) is 5.18. The Hall–Kier alpha value is -2.09. The molecule has 8 heteroatoms. The highest BCUT2D eigenvalue weighted by molar-refractivity contribution is 7.90. The van der Waals surface area contributed by atoms with Gasteiger partial charge in [0.05, 0.1) is 12.0 Å². The number of sulfone groups is 1. The first-order valence-electron chi connectivity index (χ1n) is 7.29. The molecule has 0 radical (unpaired) electrons. The average molecular weight is 357 g/mol. The number of carbonyl (C=O) groups excluding carboxylic acids is 2. The van der Waals surface area contributed by atoms with Crippen molar-refractivity contribution in [1.29, 1.82) is 0 Å². The molecule has 0 aliphatic heterocycles. The minimum Gasteiger partial charge on any atom is -0.467 e. The Morgan fingerprint density at radius 1 is 1.25 bits per heavy atom. The molecule has 1 N–H and O–H groups in total. The molecule has 0 bridgehead atoms. The number of rotatable bonds is 5. The van der Waals surface area contributed by atoms with Crippen molar-refractivity contribution in [3.63, 3.8) is 0 Å². The normalized spacial score (nSPS) is 13.0. The molecular weight excluding hydrogens is 334 g/mol. The van der Waals surface area contributed by atoms with Gasteiger partial charge in [-0.2, -0.15) is 0 Å². The Morgan fingerprint density at radius 2 is 1.88 bits per heavy atom. The standard InChI is InChI=1S/C16H23NO6S/c1-16(2,3)23-15(19)17-13(14(18)22-4)10-11-7-6-8-12(9-11)24(5,20)21/h6-9,13H,10H2,1-5H3,(H,17,19)/t13-/m0/s1. The zero-order valence-electron chi connectivity index (χ0n) is 14.5. The van der Waals surface area contributed by atoms with Crippen LogP contribution in [0, 0.1) is 0 Å². The van der Waals surface area contributed by atoms with Crippen molar-refractivity contribution >= 4 is 21.9 Å². The number of amides is 1. The van der Waals surface area contributed by atoms with Crippen LogP contribution in [-0.2, 0) is 30.5 Å². The average Bonchev–Trinajstić information content (AvgIpc) is 2.43. The number of hydrogen-bond acceptors (Lipinski definition) is 6. The molecule has 0 saturated heterocycles. The van der Waals surface area contributed by atoms with E-state index in [0.29, 0.717) is 5.56 Å². The van der Waals surface area contributed by atoms with Crippen molar-refractivity contribution in [2.75, 3.05) is 13.4 Å². The lowest BCUT2D eigenvalue weighted by Gasteiger charge is -2.22. The first-order chi connectivity index (χ1) is 10.9. The summed E-state index contributed by atoms with van der Waals surface area (Å²) < 4.78 is 33.0. The van der Waals surface area contributed by atoms with Crippen LogP contribution in [0.3, 0.4) is 0 Å². The van der Waals surface area contributed by atoms with Gasteiger partial charge in [-0.3, -0.25) is 0 Å². The van der Waals surface area contributed by atoms with Gasteiger partial charge in [-0.05, 0) is 38.5 Å². The third-order valence-corrected chi connectivity index (χ3v) is 4.05. The van der Waals surface area contributed by atoms with Gasteiger partial charge in [-0.25, -0.2) is 18.0 Å². The van der Waals surface area contributed by atoms with Crippen molar-refractivity contribution in [1.82, 2.24) is 5.32 Å². The van der Waals surface area contributed by atoms with Crippen LogP contribution in [0.5, 0.6) is 0 Å². The fourth-order valence-electron chi connectivity index (χ4n) is 1.92. The van der Waals surface area contributed by atoms with Gasteiger partial charge in [-0.1, -0.05) is 12.1 Å². The van der Waals surface area contributed by atoms with E-state index in [2.05, 4.69) is 10.1 Å². The molecule has 1 aromatic rings. The van der Waals surface area contributed by atoms with Crippen LogP contribution in [-0.4, -0.2) is 45.5 Å². The molecule has 0 aliphatic carbocycles. The van der Waals surface area contributed by atoms with E-state index in [1.54, 1.807) is 32.9 Å². The number of esters is 1. The summed E-state index contributed by atoms with van der Waals surface area (Å²) in [5, 5.41) is 2.45. The van der Waals surface area contributed by atoms with E-state index in [-0.39, 0.29) is 11.3 Å². The van der Waals surface area contributed by atoms with Crippen molar-refractivity contribution in [3.05, 3.63) is 29.8 Å². The number of nitrogens with one attached hydrogen (secondary N) is 1. The lowest BCUT2D eigenvalue weighted by molar-refractivity contribution is -0.143. The molecule has 134 valence electrons. The molecule has 1 aromatic carbocycles. The molecule has 7 nitrogen and oxygen atoms in total. The first kappa shape index (κ1) is 20.0. The zero-order valence-corrected chi connectivity index (χ0v) is 15.3. The number of ether oxygens (including phenoxy) is 2. The van der Waals surface area contributed by atoms with Crippen LogP contribution in [0.2, 0.25) is 0 Å². The highest BCUT2D eigenvalue weighted by Crippen LogP contribution is 2.14. The van der Waals surface area contributed by atoms with E-state index in [0.717, 1.165) is 6.26 Å². The van der Waals surface area contributed by atoms with Gasteiger partial charge in [0.1, 0.15) is 11.6 Å². The molecule has 1 rings (SSSR count). The maximum atomic E-state index is 11.9. The van der Waals surface area contributed by atoms with Gasteiger partial charge in [0, 0.05) is 12.7 Å². The number of methoxy groups -OCH3 is 1. The maximum Gasteiger partial charge on any atom is 0.408 e. The molecule has 0 fully saturated rings. The summed E-state index contributed by atoms with van der Waals surface area (Å²) in [5.74, 6) is -0.648. The van der Waals surface area contributed by atoms with Gasteiger partial charge in [0.2, 0.25) is 0 Å². The quantitative estimate of drug-likeness (QED) is 0.805. The smallest absolute Gasteiger partial charge is 0.408 e. The fourth-order valence-corrected chi connectivity index (χ4v) is 2.62. The van der Waals surface area contributed by atoms with Gasteiger partial charge < -0.3 is 14.8 Å². The summed E-state index contributed by atoms with van der Waals surface area (Å²) in [5.41, 5.74) is -0.134. The summed E-state index contributed by atoms with van der Waals surface area (Å²) in [6.45, 7) is 5.11. The third-order valence-electron chi connectivity index (χ3n) is 2.94. The number of carbonyl (C=O) groups is 2. The van der Waals surface area contributed by atoms with Crippen molar-refractivity contribution in [2.24, 2.45) is 0 Å². The molecule has 1 amide bonds. The summed E-state index contributed by atoms with van der Waals surface area (Å²) in [6.07, 6.45) is 0.426. The molecular formula is C16H23NO6S. The second kappa shape index (κ2) is 7.65. The minimum absolute atomic E-state index is 0.0786. The largest absolute Gasteiger partial charge is 0.467 e. The van der Waals surface area contributed by atoms with Crippen LogP contribution >= 0.6 is 0 Å². The molecule has 0 unspecified atom stereocenters. The van der Waals surface area contributed by atoms with E-state index < -0.39 is 33.5 Å². The Morgan fingerprint density at radius 3 is 2.38 bits per heavy atom. The first-order valence-corrected chi connectivity index (χ1v) is 9.18. The third kappa shape index (κ3) is 6.57. The predicted octanol–water partition coefficient (Wildman–Crippen LogP) is 1.70. The SMILES string of the molecule is COC(=O)[C@H](Cc1cccc(S(C)(=O)=O)c1)NC(=O)OC(C)(C)C. The summed E-state index contributed by atoms with van der Waals surface area (Å²) in [4.78, 5) is 23.9. The number of benzene rings is 1. The van der Waals surface area contributed by atoms with E-state index in [9.17, 15) is 18.0 Å². The molecule has 24 heavy (non-hydrogen) atoms. The fraction of sp³-hybridized carbons (Fsp3) is 0.500. The van der Waals surface area contributed by atoms with Gasteiger partial charge >= 0.3 is 12.1 Å². The minimum atomic E-state index is -3.36. The van der Waals surface area contributed by atoms with E-state index in [1.807, 2.05) is 0 Å². The Kier molecular flexibility index (Phi) is 6.36. The molecule has 0 spiro atoms. The van der Waals surface area contributed by atoms with Crippen LogP contribution in [0.25, 0.3) is 0 Å². The van der Waals surface area contributed by atoms with Crippen LogP contribution in [0.4, 0.5) is 4.79 Å². The van der Waals surface area contributed by atoms with E-state index >= 15 is 0 Å². The van der Waals surface area contributed by atoms with Crippen LogP contribution < -0.4 is 5.32 Å². The van der Waals surface area contributed by atoms with Crippen molar-refractivity contribution in [3.8, 4) is 0 Å². The van der Waals surface area contributed by atoms with Crippen LogP contribution in [0.1, 0.15) is 26.3 Å². The van der Waals surface area contributed by atoms with E-state index in [4.69, 9.17) is 4.74 Å². The monoisotopic (exact) mass is 357 g/mol. The lowest BCUT2D eigenvalue weighted by atomic mass is 10.1. The van der Waals surface area contributed by atoms with Crippen molar-refractivity contribution in [2.45, 2.75) is 43.7 Å². The molecule has 0 heterocycles. The van der Waals surface area contributed by atoms with Gasteiger partial charge in [0.15, 0.2) is 9.84 Å². The van der Waals surface area contributed by atoms with Crippen molar-refractivity contribution < 1.29 is 27.5 Å². The summed E-state index contributed by atoms with van der Waals surface area (Å²) >= 11 is 0. The molecule has 1 atom stereocenters. The van der Waals surface area contributed by atoms with Gasteiger partial charge in [0.25, 0.3) is 0 Å². The Bertz CT molecular complexity index is 706. The second-order valence-electron chi connectivity index (χ2n) is 6.35. The maximum absolute atomic E-state index is 11.9. The summed E-state index contributed by atoms with van der Waals surface area (Å²) in [7, 11) is -2.15. The van der Waals surface area contributed by atoms with E-state index in [1.165, 1.54) is 19.2 Å². The molecule has 0 aliphatic rings. The number of hydrogen-bond donors (Lipinski definition) is 1. The molecule has 0 aromatic heterocycles. The Labute approximate surface area is 142 Å². The number of alkyl carbamates (subject to hydrolysis) is 1. The topological polar surface area (TPSA) is 98.8 Å². The Balaban J connectivity index is 2.95. The zero-order chi connectivity index (χ0) is 18.5. The van der Waals surface area contributed by atoms with Crippen LogP contribution in [0.15, 0.2) is 29.2 Å². The highest BCUT2D eigenvalue weighted by atomic mass is 32.2. The van der Waals surface area contributed by atoms with Gasteiger partial charge in [-0.15, -0.1) is 0 Å². The molecule has 0 saturated carbocycles.